The van der Waals surface area contributed by atoms with Crippen LogP contribution in [0.15, 0.2) is 48.8 Å². The van der Waals surface area contributed by atoms with Crippen molar-refractivity contribution >= 4 is 5.97 Å². The Kier molecular flexibility index (Phi) is 21.0. The van der Waals surface area contributed by atoms with Gasteiger partial charge in [0.05, 0.1) is 67.0 Å². The molecule has 6 rings (SSSR count). The third kappa shape index (κ3) is 15.0. The summed E-state index contributed by atoms with van der Waals surface area (Å²) in [5, 5.41) is 68.5. The third-order valence-electron chi connectivity index (χ3n) is 16.3. The van der Waals surface area contributed by atoms with Gasteiger partial charge in [0, 0.05) is 74.7 Å². The van der Waals surface area contributed by atoms with Crippen molar-refractivity contribution in [2.45, 2.75) is 212 Å². The number of methoxy groups -OCH3 is 1. The first-order valence-electron chi connectivity index (χ1n) is 27.0. The van der Waals surface area contributed by atoms with Crippen LogP contribution in [0.5, 0.6) is 0 Å². The summed E-state index contributed by atoms with van der Waals surface area (Å²) in [4.78, 5) is 22.9. The largest absolute Gasteiger partial charge is 0.459 e. The molecule has 0 bridgehead atoms. The molecule has 75 heavy (non-hydrogen) atoms. The quantitative estimate of drug-likeness (QED) is 0.0967. The van der Waals surface area contributed by atoms with E-state index in [9.17, 15) is 30.3 Å². The third-order valence-corrected chi connectivity index (χ3v) is 16.3. The molecule has 18 atom stereocenters. The van der Waals surface area contributed by atoms with Gasteiger partial charge < -0.3 is 68.5 Å². The number of aliphatic hydroxyl groups is 5. The van der Waals surface area contributed by atoms with Gasteiger partial charge in [-0.2, -0.15) is 0 Å². The molecule has 3 saturated heterocycles. The summed E-state index contributed by atoms with van der Waals surface area (Å²) in [5.74, 6) is -2.77. The van der Waals surface area contributed by atoms with Gasteiger partial charge in [0.2, 0.25) is 0 Å². The van der Waals surface area contributed by atoms with Crippen molar-refractivity contribution < 1.29 is 63.5 Å². The lowest BCUT2D eigenvalue weighted by Crippen LogP contribution is -2.61. The second kappa shape index (κ2) is 25.9. The van der Waals surface area contributed by atoms with E-state index in [1.807, 2.05) is 65.2 Å². The Balaban J connectivity index is 1.17. The summed E-state index contributed by atoms with van der Waals surface area (Å²) in [5.41, 5.74) is 0.484. The van der Waals surface area contributed by atoms with Crippen molar-refractivity contribution in [3.8, 4) is 11.1 Å². The molecule has 422 valence electrons. The Bertz CT molecular complexity index is 2230. The zero-order valence-electron chi connectivity index (χ0n) is 47.0. The van der Waals surface area contributed by atoms with Gasteiger partial charge in [0.25, 0.3) is 0 Å². The molecule has 19 nitrogen and oxygen atoms in total. The Hall–Kier alpha value is -3.54. The van der Waals surface area contributed by atoms with E-state index in [1.54, 1.807) is 46.2 Å². The van der Waals surface area contributed by atoms with Gasteiger partial charge in [0.1, 0.15) is 30.0 Å². The van der Waals surface area contributed by atoms with Crippen LogP contribution < -0.4 is 0 Å². The van der Waals surface area contributed by atoms with Gasteiger partial charge in [-0.25, -0.2) is 4.68 Å². The number of benzene rings is 1. The van der Waals surface area contributed by atoms with Crippen LogP contribution in [0.4, 0.5) is 0 Å². The van der Waals surface area contributed by atoms with Crippen LogP contribution in [0.25, 0.3) is 11.1 Å². The number of aromatic nitrogens is 4. The van der Waals surface area contributed by atoms with Crippen LogP contribution in [0.3, 0.4) is 0 Å². The van der Waals surface area contributed by atoms with Crippen LogP contribution in [-0.2, 0) is 57.5 Å². The predicted molar refractivity (Wildman–Crippen MR) is 281 cm³/mol. The maximum atomic E-state index is 14.5. The second-order valence-corrected chi connectivity index (χ2v) is 22.8. The number of rotatable bonds is 16. The molecule has 1 aromatic carbocycles. The maximum Gasteiger partial charge on any atom is 0.311 e. The molecule has 0 saturated carbocycles. The summed E-state index contributed by atoms with van der Waals surface area (Å²) < 4.78 is 46.1. The summed E-state index contributed by atoms with van der Waals surface area (Å²) in [6.07, 6.45) is -4.66. The molecule has 19 heteroatoms. The lowest BCUT2D eigenvalue weighted by Gasteiger charge is -2.49. The summed E-state index contributed by atoms with van der Waals surface area (Å²) in [6.45, 7) is 22.0. The highest BCUT2D eigenvalue weighted by Crippen LogP contribution is 2.40. The first-order chi connectivity index (χ1) is 35.3. The Morgan fingerprint density at radius 1 is 0.920 bits per heavy atom. The SMILES string of the molecule is CC[C@H]1OC(=O)[C@H](C)[C@@H](O[C@H]2C[C@@](C)(OC)[C@@H](O)[C@H](C)O2)[C@H](C)[C@@H](O[C@@H]2O[C@H](C)C[C@H](N(C)CCc3cn(CCOCc4ccc(-c5ccc(C)nc5)cc4)nn3)[C@H]2O)[C@](C)(O)C[C@@H](C)CN(C)[C@H](C)[C@@H](O)[C@]1(C)O. The van der Waals surface area contributed by atoms with Crippen molar-refractivity contribution in [3.63, 3.8) is 0 Å². The molecule has 5 heterocycles. The van der Waals surface area contributed by atoms with Crippen molar-refractivity contribution in [3.05, 3.63) is 65.7 Å². The van der Waals surface area contributed by atoms with E-state index in [1.165, 1.54) is 14.0 Å². The molecule has 5 N–H and O–H groups in total. The minimum atomic E-state index is -1.84. The van der Waals surface area contributed by atoms with E-state index in [0.717, 1.165) is 28.1 Å². The molecule has 0 unspecified atom stereocenters. The fourth-order valence-corrected chi connectivity index (χ4v) is 11.5. The minimum absolute atomic E-state index is 0.104. The monoisotopic (exact) mass is 1050 g/mol. The Labute approximate surface area is 445 Å². The molecule has 0 radical (unpaired) electrons. The van der Waals surface area contributed by atoms with Crippen LogP contribution in [-0.4, -0.2) is 192 Å². The van der Waals surface area contributed by atoms with E-state index in [2.05, 4.69) is 50.5 Å². The number of pyridine rings is 1. The van der Waals surface area contributed by atoms with Crippen LogP contribution in [0.2, 0.25) is 0 Å². The number of ether oxygens (including phenoxy) is 7. The fourth-order valence-electron chi connectivity index (χ4n) is 11.5. The topological polar surface area (TPSA) is 233 Å². The molecule has 3 aliphatic heterocycles. The molecule has 3 aromatic rings. The van der Waals surface area contributed by atoms with Crippen LogP contribution >= 0.6 is 0 Å². The number of likely N-dealkylation sites (N-methyl/N-ethyl adjacent to an activating group) is 2. The van der Waals surface area contributed by atoms with Gasteiger partial charge >= 0.3 is 5.97 Å². The molecular formula is C56H90N6O13. The number of carbonyl (C=O) groups is 1. The summed E-state index contributed by atoms with van der Waals surface area (Å²) in [6, 6.07) is 11.4. The van der Waals surface area contributed by atoms with Crippen molar-refractivity contribution in [2.24, 2.45) is 17.8 Å². The molecule has 0 spiro atoms. The zero-order valence-corrected chi connectivity index (χ0v) is 47.0. The molecule has 2 aromatic heterocycles. The molecule has 3 fully saturated rings. The summed E-state index contributed by atoms with van der Waals surface area (Å²) in [7, 11) is 5.29. The molecule has 3 aliphatic rings. The van der Waals surface area contributed by atoms with Gasteiger partial charge in [0.15, 0.2) is 12.6 Å². The first kappa shape index (κ1) is 60.7. The van der Waals surface area contributed by atoms with Gasteiger partial charge in [-0.05, 0) is 112 Å². The predicted octanol–water partition coefficient (Wildman–Crippen LogP) is 4.69. The van der Waals surface area contributed by atoms with E-state index in [-0.39, 0.29) is 31.3 Å². The molecule has 0 amide bonds. The van der Waals surface area contributed by atoms with E-state index >= 15 is 0 Å². The second-order valence-electron chi connectivity index (χ2n) is 22.8. The molecule has 0 aliphatic carbocycles. The smallest absolute Gasteiger partial charge is 0.311 e. The summed E-state index contributed by atoms with van der Waals surface area (Å²) >= 11 is 0. The number of aryl methyl sites for hydroxylation is 1. The standard InChI is InChI=1S/C56H90N6O13/c1-15-45-56(11,68)49(64)38(7)61(13)30-33(2)27-54(9,67)51(36(5)48(37(6)52(66)73-45)74-46-28-55(10,69-14)50(65)39(8)72-46)75-53-47(63)44(26-35(4)71-53)60(12)23-22-43-31-62(59-58-43)24-25-70-32-40-17-20-41(21-18-40)42-19-16-34(3)57-29-42/h16-21,29,31,33,35-39,44-51,53,63-65,67-68H,15,22-28,30,32H2,1-14H3/t33-,35-,36+,37-,38-,39+,44+,45-,46+,47-,48+,49-,50+,51-,53+,54-,55-,56-/m1/s1. The maximum absolute atomic E-state index is 14.5. The van der Waals surface area contributed by atoms with Gasteiger partial charge in [-0.15, -0.1) is 5.10 Å². The zero-order chi connectivity index (χ0) is 55.2. The lowest BCUT2D eigenvalue weighted by atomic mass is 9.77. The van der Waals surface area contributed by atoms with Crippen molar-refractivity contribution in [2.75, 3.05) is 40.9 Å². The Morgan fingerprint density at radius 3 is 2.27 bits per heavy atom. The number of carbonyl (C=O) groups excluding carboxylic acids is 1. The highest BCUT2D eigenvalue weighted by Gasteiger charge is 2.53. The van der Waals surface area contributed by atoms with Crippen LogP contribution in [0, 0.1) is 24.7 Å². The van der Waals surface area contributed by atoms with Crippen LogP contribution in [0.1, 0.15) is 112 Å². The fraction of sp³-hybridized carbons (Fsp3) is 0.750. The van der Waals surface area contributed by atoms with Gasteiger partial charge in [-0.1, -0.05) is 56.3 Å². The van der Waals surface area contributed by atoms with E-state index in [0.29, 0.717) is 45.7 Å². The van der Waals surface area contributed by atoms with Gasteiger partial charge in [-0.3, -0.25) is 9.78 Å². The number of cyclic esters (lactones) is 1. The highest BCUT2D eigenvalue weighted by atomic mass is 16.7. The minimum Gasteiger partial charge on any atom is -0.459 e. The van der Waals surface area contributed by atoms with Crippen molar-refractivity contribution in [1.29, 1.82) is 0 Å². The van der Waals surface area contributed by atoms with E-state index < -0.39 is 102 Å². The van der Waals surface area contributed by atoms with Crippen molar-refractivity contribution in [1.82, 2.24) is 29.8 Å². The number of hydrogen-bond acceptors (Lipinski definition) is 18. The Morgan fingerprint density at radius 2 is 1.61 bits per heavy atom. The average Bonchev–Trinajstić information content (AvgIpc) is 3.83. The normalized spacial score (nSPS) is 38.0. The van der Waals surface area contributed by atoms with E-state index in [4.69, 9.17) is 33.2 Å². The average molecular weight is 1060 g/mol. The molecular weight excluding hydrogens is 965 g/mol. The number of aliphatic hydroxyl groups excluding tert-OH is 3. The highest BCUT2D eigenvalue weighted by molar-refractivity contribution is 5.73. The first-order valence-corrected chi connectivity index (χ1v) is 27.0. The number of esters is 1. The lowest BCUT2D eigenvalue weighted by molar-refractivity contribution is -0.318. The number of nitrogens with zero attached hydrogens (tertiary/aromatic N) is 6. The number of hydrogen-bond donors (Lipinski definition) is 5.